The molecule has 0 unspecified atom stereocenters. The molecule has 3 N–H and O–H groups in total. The topological polar surface area (TPSA) is 75.4 Å². The Kier molecular flexibility index (Phi) is 11.1. The molecule has 1 aromatic rings. The molecule has 0 aliphatic heterocycles. The second-order valence-electron chi connectivity index (χ2n) is 5.62. The molecule has 0 heterocycles. The lowest BCUT2D eigenvalue weighted by Crippen LogP contribution is -2.34. The number of unbranched alkanes of at least 4 members (excludes halogenated alkanes) is 3. The molecule has 0 atom stereocenters. The molecule has 0 radical (unpaired) electrons. The van der Waals surface area contributed by atoms with Crippen molar-refractivity contribution in [3.8, 4) is 0 Å². The fourth-order valence-corrected chi connectivity index (χ4v) is 2.11. The Morgan fingerprint density at radius 2 is 1.70 bits per heavy atom. The number of rotatable bonds is 9. The second-order valence-corrected chi connectivity index (χ2v) is 5.62. The summed E-state index contributed by atoms with van der Waals surface area (Å²) in [7, 11) is 1.66. The summed E-state index contributed by atoms with van der Waals surface area (Å²) < 4.78 is 0. The van der Waals surface area contributed by atoms with Crippen LogP contribution in [-0.4, -0.2) is 36.9 Å². The molecule has 0 fully saturated rings. The summed E-state index contributed by atoms with van der Waals surface area (Å²) >= 11 is 0. The number of amides is 2. The molecular weight excluding hydrogens is 314 g/mol. The highest BCUT2D eigenvalue weighted by molar-refractivity contribution is 5.94. The number of aryl methyl sites for hydroxylation is 1. The number of carbonyl (C=O) groups excluding carboxylic acids is 2. The van der Waals surface area contributed by atoms with Crippen molar-refractivity contribution < 1.29 is 9.59 Å². The Morgan fingerprint density at radius 3 is 2.30 bits per heavy atom. The van der Waals surface area contributed by atoms with E-state index in [9.17, 15) is 9.59 Å². The van der Waals surface area contributed by atoms with Gasteiger partial charge in [0.2, 0.25) is 11.8 Å². The summed E-state index contributed by atoms with van der Waals surface area (Å²) in [6, 6.07) is 7.58. The van der Waals surface area contributed by atoms with Crippen molar-refractivity contribution >= 4 is 29.9 Å². The smallest absolute Gasteiger partial charge is 0.243 e. The van der Waals surface area contributed by atoms with Crippen molar-refractivity contribution in [2.75, 3.05) is 25.5 Å². The molecule has 23 heavy (non-hydrogen) atoms. The van der Waals surface area contributed by atoms with Gasteiger partial charge in [0.15, 0.2) is 0 Å². The van der Waals surface area contributed by atoms with Gasteiger partial charge in [0.05, 0.1) is 6.54 Å². The maximum Gasteiger partial charge on any atom is 0.243 e. The Hall–Kier alpha value is -1.59. The first kappa shape index (κ1) is 21.4. The van der Waals surface area contributed by atoms with E-state index in [0.29, 0.717) is 13.0 Å². The molecule has 1 aromatic carbocycles. The largest absolute Gasteiger partial charge is 0.336 e. The Labute approximate surface area is 145 Å². The number of nitrogens with zero attached hydrogens (tertiary/aromatic N) is 1. The van der Waals surface area contributed by atoms with Crippen LogP contribution in [0.2, 0.25) is 0 Å². The van der Waals surface area contributed by atoms with Crippen LogP contribution in [0.25, 0.3) is 0 Å². The molecule has 0 saturated carbocycles. The van der Waals surface area contributed by atoms with Crippen LogP contribution in [0.5, 0.6) is 0 Å². The van der Waals surface area contributed by atoms with Gasteiger partial charge in [0.1, 0.15) is 0 Å². The van der Waals surface area contributed by atoms with Gasteiger partial charge >= 0.3 is 0 Å². The zero-order valence-electron chi connectivity index (χ0n) is 14.0. The summed E-state index contributed by atoms with van der Waals surface area (Å²) in [5.74, 6) is -0.172. The zero-order valence-corrected chi connectivity index (χ0v) is 14.8. The summed E-state index contributed by atoms with van der Waals surface area (Å²) in [6.07, 6.45) is 4.40. The van der Waals surface area contributed by atoms with Crippen LogP contribution in [-0.2, 0) is 9.59 Å². The monoisotopic (exact) mass is 341 g/mol. The Morgan fingerprint density at radius 1 is 1.09 bits per heavy atom. The summed E-state index contributed by atoms with van der Waals surface area (Å²) in [6.45, 7) is 2.77. The summed E-state index contributed by atoms with van der Waals surface area (Å²) in [4.78, 5) is 25.3. The van der Waals surface area contributed by atoms with E-state index in [2.05, 4.69) is 5.32 Å². The predicted molar refractivity (Wildman–Crippen MR) is 96.8 cm³/mol. The van der Waals surface area contributed by atoms with Gasteiger partial charge in [-0.2, -0.15) is 0 Å². The van der Waals surface area contributed by atoms with Gasteiger partial charge in [-0.15, -0.1) is 12.4 Å². The molecule has 1 rings (SSSR count). The maximum atomic E-state index is 11.9. The lowest BCUT2D eigenvalue weighted by Gasteiger charge is -2.17. The van der Waals surface area contributed by atoms with Crippen LogP contribution in [0.3, 0.4) is 0 Å². The van der Waals surface area contributed by atoms with Gasteiger partial charge in [-0.1, -0.05) is 30.5 Å². The first-order valence-corrected chi connectivity index (χ1v) is 7.83. The zero-order chi connectivity index (χ0) is 16.4. The highest BCUT2D eigenvalue weighted by Crippen LogP contribution is 2.09. The number of hydrogen-bond acceptors (Lipinski definition) is 3. The predicted octanol–water partition coefficient (Wildman–Crippen LogP) is 2.72. The first-order valence-electron chi connectivity index (χ1n) is 7.83. The highest BCUT2D eigenvalue weighted by atomic mass is 35.5. The third kappa shape index (κ3) is 9.21. The molecule has 6 heteroatoms. The van der Waals surface area contributed by atoms with Crippen molar-refractivity contribution in [3.63, 3.8) is 0 Å². The second kappa shape index (κ2) is 11.9. The fourth-order valence-electron chi connectivity index (χ4n) is 2.11. The molecular formula is C17H28ClN3O2. The number of anilines is 1. The number of nitrogens with one attached hydrogen (secondary N) is 1. The molecule has 0 spiro atoms. The van der Waals surface area contributed by atoms with E-state index < -0.39 is 0 Å². The SMILES string of the molecule is Cc1ccc(NC(=O)CN(C)C(=O)CCCCCCN)cc1.Cl. The average Bonchev–Trinajstić information content (AvgIpc) is 2.49. The van der Waals surface area contributed by atoms with Gasteiger partial charge < -0.3 is 16.0 Å². The van der Waals surface area contributed by atoms with E-state index in [1.54, 1.807) is 7.05 Å². The first-order chi connectivity index (χ1) is 10.5. The van der Waals surface area contributed by atoms with Gasteiger partial charge in [0.25, 0.3) is 0 Å². The quantitative estimate of drug-likeness (QED) is 0.678. The van der Waals surface area contributed by atoms with Crippen molar-refractivity contribution in [2.45, 2.75) is 39.0 Å². The van der Waals surface area contributed by atoms with Crippen molar-refractivity contribution in [3.05, 3.63) is 29.8 Å². The van der Waals surface area contributed by atoms with E-state index in [1.165, 1.54) is 4.90 Å². The lowest BCUT2D eigenvalue weighted by molar-refractivity contribution is -0.133. The highest BCUT2D eigenvalue weighted by Gasteiger charge is 2.12. The van der Waals surface area contributed by atoms with Crippen LogP contribution in [0.4, 0.5) is 5.69 Å². The molecule has 2 amide bonds. The van der Waals surface area contributed by atoms with Crippen LogP contribution < -0.4 is 11.1 Å². The third-order valence-electron chi connectivity index (χ3n) is 3.49. The molecule has 0 aliphatic rings. The van der Waals surface area contributed by atoms with Gasteiger partial charge in [-0.25, -0.2) is 0 Å². The van der Waals surface area contributed by atoms with Crippen LogP contribution in [0.1, 0.15) is 37.7 Å². The van der Waals surface area contributed by atoms with Crippen LogP contribution in [0, 0.1) is 6.92 Å². The van der Waals surface area contributed by atoms with Crippen molar-refractivity contribution in [1.82, 2.24) is 4.90 Å². The molecule has 0 aliphatic carbocycles. The van der Waals surface area contributed by atoms with Crippen molar-refractivity contribution in [1.29, 1.82) is 0 Å². The molecule has 130 valence electrons. The number of benzene rings is 1. The summed E-state index contributed by atoms with van der Waals surface area (Å²) in [5.41, 5.74) is 7.31. The van der Waals surface area contributed by atoms with Crippen LogP contribution in [0.15, 0.2) is 24.3 Å². The number of halogens is 1. The summed E-state index contributed by atoms with van der Waals surface area (Å²) in [5, 5.41) is 2.79. The normalized spacial score (nSPS) is 9.87. The minimum absolute atomic E-state index is 0. The molecule has 5 nitrogen and oxygen atoms in total. The average molecular weight is 342 g/mol. The number of nitrogens with two attached hydrogens (primary N) is 1. The molecule has 0 aromatic heterocycles. The van der Waals surface area contributed by atoms with E-state index in [4.69, 9.17) is 5.73 Å². The van der Waals surface area contributed by atoms with Gasteiger partial charge in [0, 0.05) is 19.2 Å². The van der Waals surface area contributed by atoms with Crippen molar-refractivity contribution in [2.24, 2.45) is 5.73 Å². The van der Waals surface area contributed by atoms with Gasteiger partial charge in [-0.3, -0.25) is 9.59 Å². The van der Waals surface area contributed by atoms with E-state index >= 15 is 0 Å². The van der Waals surface area contributed by atoms with Gasteiger partial charge in [-0.05, 0) is 38.4 Å². The lowest BCUT2D eigenvalue weighted by atomic mass is 10.1. The molecule has 0 bridgehead atoms. The maximum absolute atomic E-state index is 11.9. The third-order valence-corrected chi connectivity index (χ3v) is 3.49. The van der Waals surface area contributed by atoms with Crippen LogP contribution >= 0.6 is 12.4 Å². The Bertz CT molecular complexity index is 477. The van der Waals surface area contributed by atoms with E-state index in [-0.39, 0.29) is 30.8 Å². The number of hydrogen-bond donors (Lipinski definition) is 2. The number of likely N-dealkylation sites (N-methyl/N-ethyl adjacent to an activating group) is 1. The minimum atomic E-state index is -0.178. The minimum Gasteiger partial charge on any atom is -0.336 e. The fraction of sp³-hybridized carbons (Fsp3) is 0.529. The van der Waals surface area contributed by atoms with E-state index in [0.717, 1.165) is 36.9 Å². The van der Waals surface area contributed by atoms with E-state index in [1.807, 2.05) is 31.2 Å². The standard InChI is InChI=1S/C17H27N3O2.ClH/c1-14-8-10-15(11-9-14)19-16(21)13-20(2)17(22)7-5-3-4-6-12-18;/h8-11H,3-7,12-13,18H2,1-2H3,(H,19,21);1H. The number of carbonyl (C=O) groups is 2. The molecule has 0 saturated heterocycles. The Balaban J connectivity index is 0.00000484.